The predicted molar refractivity (Wildman–Crippen MR) is 101 cm³/mol. The minimum atomic E-state index is -3.57. The van der Waals surface area contributed by atoms with Crippen LogP contribution in [0.3, 0.4) is 0 Å². The zero-order chi connectivity index (χ0) is 19.3. The molecule has 0 saturated carbocycles. The van der Waals surface area contributed by atoms with Gasteiger partial charge in [-0.1, -0.05) is 36.8 Å². The summed E-state index contributed by atoms with van der Waals surface area (Å²) in [5.41, 5.74) is 1.12. The van der Waals surface area contributed by atoms with Crippen LogP contribution in [0.25, 0.3) is 0 Å². The summed E-state index contributed by atoms with van der Waals surface area (Å²) in [6, 6.07) is 12.6. The van der Waals surface area contributed by atoms with E-state index >= 15 is 0 Å². The van der Waals surface area contributed by atoms with Crippen molar-refractivity contribution in [2.24, 2.45) is 0 Å². The molecule has 144 valence electrons. The van der Waals surface area contributed by atoms with Gasteiger partial charge in [0, 0.05) is 19.6 Å². The number of carbonyl (C=O) groups excluding carboxylic acids is 1. The zero-order valence-corrected chi connectivity index (χ0v) is 15.8. The number of amides is 1. The Bertz CT molecular complexity index is 909. The number of benzene rings is 2. The van der Waals surface area contributed by atoms with Crippen molar-refractivity contribution in [1.82, 2.24) is 9.62 Å². The monoisotopic (exact) mass is 390 g/mol. The molecule has 27 heavy (non-hydrogen) atoms. The van der Waals surface area contributed by atoms with Crippen LogP contribution in [0.2, 0.25) is 0 Å². The fourth-order valence-corrected chi connectivity index (χ4v) is 4.97. The molecule has 7 heteroatoms. The average Bonchev–Trinajstić information content (AvgIpc) is 2.67. The standard InChI is InChI=1S/C20H23FN2O3S/c21-18-9-6-7-16(13-18)14-20(24)22-15-17-8-2-3-10-19(17)27(25,26)23-11-4-1-5-12-23/h2-3,6-10,13H,1,4-5,11-12,14-15H2,(H,22,24). The molecule has 1 aliphatic rings. The number of nitrogens with one attached hydrogen (secondary N) is 1. The average molecular weight is 390 g/mol. The summed E-state index contributed by atoms with van der Waals surface area (Å²) in [7, 11) is -3.57. The Hall–Kier alpha value is -2.25. The van der Waals surface area contributed by atoms with E-state index in [1.54, 1.807) is 36.4 Å². The van der Waals surface area contributed by atoms with Crippen LogP contribution in [0.15, 0.2) is 53.4 Å². The Morgan fingerprint density at radius 2 is 1.78 bits per heavy atom. The summed E-state index contributed by atoms with van der Waals surface area (Å²) in [5.74, 6) is -0.677. The second-order valence-corrected chi connectivity index (χ2v) is 8.56. The van der Waals surface area contributed by atoms with Crippen molar-refractivity contribution in [2.45, 2.75) is 37.1 Å². The maximum Gasteiger partial charge on any atom is 0.243 e. The minimum absolute atomic E-state index is 0.0405. The van der Waals surface area contributed by atoms with Gasteiger partial charge < -0.3 is 5.32 Å². The molecule has 2 aromatic rings. The number of halogens is 1. The maximum absolute atomic E-state index is 13.2. The Kier molecular flexibility index (Phi) is 6.23. The second-order valence-electron chi connectivity index (χ2n) is 6.66. The highest BCUT2D eigenvalue weighted by Crippen LogP contribution is 2.23. The van der Waals surface area contributed by atoms with Gasteiger partial charge in [-0.15, -0.1) is 0 Å². The summed E-state index contributed by atoms with van der Waals surface area (Å²) in [4.78, 5) is 12.4. The summed E-state index contributed by atoms with van der Waals surface area (Å²) in [5, 5.41) is 2.74. The minimum Gasteiger partial charge on any atom is -0.352 e. The molecule has 0 aliphatic carbocycles. The van der Waals surface area contributed by atoms with Crippen LogP contribution < -0.4 is 5.32 Å². The van der Waals surface area contributed by atoms with Crippen LogP contribution in [0.1, 0.15) is 30.4 Å². The number of rotatable bonds is 6. The molecular formula is C20H23FN2O3S. The third kappa shape index (κ3) is 4.93. The van der Waals surface area contributed by atoms with E-state index < -0.39 is 15.8 Å². The Morgan fingerprint density at radius 3 is 2.52 bits per heavy atom. The highest BCUT2D eigenvalue weighted by atomic mass is 32.2. The molecule has 1 saturated heterocycles. The van der Waals surface area contributed by atoms with Crippen LogP contribution >= 0.6 is 0 Å². The first kappa shape index (κ1) is 19.5. The van der Waals surface area contributed by atoms with Gasteiger partial charge in [-0.05, 0) is 42.2 Å². The molecule has 0 unspecified atom stereocenters. The molecule has 2 aromatic carbocycles. The highest BCUT2D eigenvalue weighted by Gasteiger charge is 2.27. The molecule has 0 spiro atoms. The van der Waals surface area contributed by atoms with Gasteiger partial charge in [-0.2, -0.15) is 4.31 Å². The lowest BCUT2D eigenvalue weighted by atomic mass is 10.1. The third-order valence-corrected chi connectivity index (χ3v) is 6.63. The van der Waals surface area contributed by atoms with Crippen LogP contribution in [0.4, 0.5) is 4.39 Å². The van der Waals surface area contributed by atoms with E-state index in [9.17, 15) is 17.6 Å². The van der Waals surface area contributed by atoms with Gasteiger partial charge in [0.1, 0.15) is 5.82 Å². The van der Waals surface area contributed by atoms with Crippen LogP contribution in [-0.2, 0) is 27.8 Å². The van der Waals surface area contributed by atoms with Crippen molar-refractivity contribution in [2.75, 3.05) is 13.1 Å². The third-order valence-electron chi connectivity index (χ3n) is 4.64. The molecule has 0 bridgehead atoms. The molecule has 1 N–H and O–H groups in total. The number of carbonyl (C=O) groups is 1. The van der Waals surface area contributed by atoms with E-state index in [2.05, 4.69) is 5.32 Å². The lowest BCUT2D eigenvalue weighted by Gasteiger charge is -2.26. The van der Waals surface area contributed by atoms with Gasteiger partial charge in [0.15, 0.2) is 0 Å². The first-order chi connectivity index (χ1) is 13.0. The molecule has 0 atom stereocenters. The van der Waals surface area contributed by atoms with Crippen molar-refractivity contribution in [3.63, 3.8) is 0 Å². The fraction of sp³-hybridized carbons (Fsp3) is 0.350. The van der Waals surface area contributed by atoms with Crippen molar-refractivity contribution >= 4 is 15.9 Å². The van der Waals surface area contributed by atoms with Gasteiger partial charge in [-0.3, -0.25) is 4.79 Å². The van der Waals surface area contributed by atoms with Crippen LogP contribution in [0, 0.1) is 5.82 Å². The molecule has 1 heterocycles. The van der Waals surface area contributed by atoms with Crippen LogP contribution in [0.5, 0.6) is 0 Å². The molecule has 1 fully saturated rings. The maximum atomic E-state index is 13.2. The summed E-state index contributed by atoms with van der Waals surface area (Å²) in [6.45, 7) is 1.17. The van der Waals surface area contributed by atoms with Gasteiger partial charge in [0.25, 0.3) is 0 Å². The van der Waals surface area contributed by atoms with E-state index in [1.165, 1.54) is 16.4 Å². The number of hydrogen-bond acceptors (Lipinski definition) is 3. The molecule has 0 aromatic heterocycles. The number of hydrogen-bond donors (Lipinski definition) is 1. The highest BCUT2D eigenvalue weighted by molar-refractivity contribution is 7.89. The van der Waals surface area contributed by atoms with Gasteiger partial charge in [0.05, 0.1) is 11.3 Å². The molecule has 5 nitrogen and oxygen atoms in total. The Balaban J connectivity index is 1.69. The van der Waals surface area contributed by atoms with Gasteiger partial charge in [-0.25, -0.2) is 12.8 Å². The largest absolute Gasteiger partial charge is 0.352 e. The SMILES string of the molecule is O=C(Cc1cccc(F)c1)NCc1ccccc1S(=O)(=O)N1CCCCC1. The summed E-state index contributed by atoms with van der Waals surface area (Å²) in [6.07, 6.45) is 2.82. The molecule has 1 aliphatic heterocycles. The Labute approximate surface area is 159 Å². The van der Waals surface area contributed by atoms with Gasteiger partial charge in [0.2, 0.25) is 15.9 Å². The van der Waals surface area contributed by atoms with Gasteiger partial charge >= 0.3 is 0 Å². The number of piperidine rings is 1. The molecule has 1 amide bonds. The molecule has 0 radical (unpaired) electrons. The van der Waals surface area contributed by atoms with E-state index in [0.29, 0.717) is 24.2 Å². The number of sulfonamides is 1. The first-order valence-electron chi connectivity index (χ1n) is 9.06. The first-order valence-corrected chi connectivity index (χ1v) is 10.5. The topological polar surface area (TPSA) is 66.5 Å². The fourth-order valence-electron chi connectivity index (χ4n) is 3.23. The van der Waals surface area contributed by atoms with Crippen molar-refractivity contribution in [3.05, 3.63) is 65.5 Å². The summed E-state index contributed by atoms with van der Waals surface area (Å²) < 4.78 is 40.6. The lowest BCUT2D eigenvalue weighted by Crippen LogP contribution is -2.36. The van der Waals surface area contributed by atoms with Crippen molar-refractivity contribution < 1.29 is 17.6 Å². The lowest BCUT2D eigenvalue weighted by molar-refractivity contribution is -0.120. The Morgan fingerprint density at radius 1 is 1.04 bits per heavy atom. The zero-order valence-electron chi connectivity index (χ0n) is 15.0. The summed E-state index contributed by atoms with van der Waals surface area (Å²) >= 11 is 0. The van der Waals surface area contributed by atoms with E-state index in [-0.39, 0.29) is 23.8 Å². The second kappa shape index (κ2) is 8.63. The molecule has 3 rings (SSSR count). The normalized spacial score (nSPS) is 15.4. The van der Waals surface area contributed by atoms with E-state index in [0.717, 1.165) is 19.3 Å². The van der Waals surface area contributed by atoms with Crippen molar-refractivity contribution in [1.29, 1.82) is 0 Å². The molecular weight excluding hydrogens is 367 g/mol. The van der Waals surface area contributed by atoms with Crippen LogP contribution in [-0.4, -0.2) is 31.7 Å². The predicted octanol–water partition coefficient (Wildman–Crippen LogP) is 2.86. The van der Waals surface area contributed by atoms with Crippen molar-refractivity contribution in [3.8, 4) is 0 Å². The quantitative estimate of drug-likeness (QED) is 0.825. The van der Waals surface area contributed by atoms with E-state index in [4.69, 9.17) is 0 Å². The van der Waals surface area contributed by atoms with E-state index in [1.807, 2.05) is 0 Å². The smallest absolute Gasteiger partial charge is 0.243 e. The number of nitrogens with zero attached hydrogens (tertiary/aromatic N) is 1.